The van der Waals surface area contributed by atoms with E-state index in [2.05, 4.69) is 27.0 Å². The van der Waals surface area contributed by atoms with Gasteiger partial charge >= 0.3 is 6.09 Å². The Morgan fingerprint density at radius 2 is 1.81 bits per heavy atom. The number of nitrogens with one attached hydrogen (secondary N) is 1. The average Bonchev–Trinajstić information content (AvgIpc) is 3.30. The molecule has 2 bridgehead atoms. The largest absolute Gasteiger partial charge is 0.444 e. The molecule has 6 rings (SSSR count). The number of ether oxygens (including phenoxy) is 1. The molecule has 2 heterocycles. The van der Waals surface area contributed by atoms with E-state index in [1.54, 1.807) is 0 Å². The molecule has 6 nitrogen and oxygen atoms in total. The van der Waals surface area contributed by atoms with Crippen LogP contribution in [-0.4, -0.2) is 32.6 Å². The van der Waals surface area contributed by atoms with Crippen LogP contribution in [0.15, 0.2) is 36.8 Å². The predicted octanol–water partition coefficient (Wildman–Crippen LogP) is 5.03. The SMILES string of the molecule is CC(C)(C)OC(=O)NC12CCC(C(=O)CC3c4ccccc4-c4cncn43)(CC1)CC2. The minimum atomic E-state index is -0.506. The van der Waals surface area contributed by atoms with Gasteiger partial charge < -0.3 is 14.6 Å². The third-order valence-corrected chi connectivity index (χ3v) is 7.58. The van der Waals surface area contributed by atoms with Crippen molar-refractivity contribution in [2.45, 2.75) is 82.9 Å². The second-order valence-electron chi connectivity index (χ2n) is 10.6. The number of hydrogen-bond acceptors (Lipinski definition) is 4. The fourth-order valence-electron chi connectivity index (χ4n) is 5.84. The summed E-state index contributed by atoms with van der Waals surface area (Å²) in [5.74, 6) is 0.361. The van der Waals surface area contributed by atoms with Crippen LogP contribution < -0.4 is 5.32 Å². The zero-order valence-corrected chi connectivity index (χ0v) is 18.6. The van der Waals surface area contributed by atoms with Gasteiger partial charge in [0.1, 0.15) is 11.4 Å². The number of ketones is 1. The molecular formula is C25H31N3O3. The van der Waals surface area contributed by atoms with Crippen LogP contribution in [-0.2, 0) is 9.53 Å². The molecule has 1 aromatic heterocycles. The summed E-state index contributed by atoms with van der Waals surface area (Å²) in [7, 11) is 0. The summed E-state index contributed by atoms with van der Waals surface area (Å²) < 4.78 is 7.63. The van der Waals surface area contributed by atoms with Crippen molar-refractivity contribution in [1.82, 2.24) is 14.9 Å². The van der Waals surface area contributed by atoms with Gasteiger partial charge in [0, 0.05) is 22.9 Å². The lowest BCUT2D eigenvalue weighted by Gasteiger charge is -2.53. The highest BCUT2D eigenvalue weighted by atomic mass is 16.6. The number of alkyl carbamates (subject to hydrolysis) is 1. The summed E-state index contributed by atoms with van der Waals surface area (Å²) in [6.07, 6.45) is 8.95. The van der Waals surface area contributed by atoms with Crippen LogP contribution in [0.25, 0.3) is 11.3 Å². The fraction of sp³-hybridized carbons (Fsp3) is 0.560. The molecule has 0 saturated heterocycles. The number of aromatic nitrogens is 2. The average molecular weight is 422 g/mol. The van der Waals surface area contributed by atoms with E-state index >= 15 is 0 Å². The van der Waals surface area contributed by atoms with E-state index in [0.29, 0.717) is 12.2 Å². The van der Waals surface area contributed by atoms with Crippen LogP contribution in [0.2, 0.25) is 0 Å². The van der Waals surface area contributed by atoms with Crippen molar-refractivity contribution in [3.05, 3.63) is 42.4 Å². The maximum absolute atomic E-state index is 13.6. The Bertz CT molecular complexity index is 1010. The van der Waals surface area contributed by atoms with Gasteiger partial charge in [-0.25, -0.2) is 9.78 Å². The minimum Gasteiger partial charge on any atom is -0.444 e. The topological polar surface area (TPSA) is 73.2 Å². The zero-order chi connectivity index (χ0) is 21.9. The lowest BCUT2D eigenvalue weighted by Crippen LogP contribution is -2.58. The monoisotopic (exact) mass is 421 g/mol. The molecule has 6 heteroatoms. The van der Waals surface area contributed by atoms with Crippen LogP contribution >= 0.6 is 0 Å². The summed E-state index contributed by atoms with van der Waals surface area (Å²) in [6, 6.07) is 8.37. The van der Waals surface area contributed by atoms with Crippen molar-refractivity contribution in [3.63, 3.8) is 0 Å². The second kappa shape index (κ2) is 6.94. The van der Waals surface area contributed by atoms with E-state index in [4.69, 9.17) is 4.74 Å². The van der Waals surface area contributed by atoms with E-state index in [-0.39, 0.29) is 23.1 Å². The molecule has 3 saturated carbocycles. The number of carbonyl (C=O) groups excluding carboxylic acids is 2. The summed E-state index contributed by atoms with van der Waals surface area (Å²) in [5.41, 5.74) is 2.52. The van der Waals surface area contributed by atoms with Crippen LogP contribution in [0.3, 0.4) is 0 Å². The van der Waals surface area contributed by atoms with Gasteiger partial charge in [-0.1, -0.05) is 24.3 Å². The van der Waals surface area contributed by atoms with Crippen molar-refractivity contribution in [3.8, 4) is 11.3 Å². The summed E-state index contributed by atoms with van der Waals surface area (Å²) >= 11 is 0. The van der Waals surface area contributed by atoms with E-state index in [0.717, 1.165) is 44.2 Å². The Balaban J connectivity index is 1.28. The number of fused-ring (bicyclic) bond motifs is 6. The third-order valence-electron chi connectivity index (χ3n) is 7.58. The van der Waals surface area contributed by atoms with Gasteiger partial charge in [-0.3, -0.25) is 4.79 Å². The molecule has 1 amide bonds. The normalized spacial score (nSPS) is 28.7. The highest BCUT2D eigenvalue weighted by Crippen LogP contribution is 2.54. The van der Waals surface area contributed by atoms with E-state index < -0.39 is 5.60 Å². The van der Waals surface area contributed by atoms with Gasteiger partial charge in [0.25, 0.3) is 0 Å². The van der Waals surface area contributed by atoms with Crippen LogP contribution in [0.5, 0.6) is 0 Å². The molecule has 0 spiro atoms. The highest BCUT2D eigenvalue weighted by Gasteiger charge is 2.53. The first kappa shape index (κ1) is 20.3. The standard InChI is InChI=1S/C25H31N3O3/c1-23(2,3)31-22(30)27-25-11-8-24(9-12-25,10-13-25)21(29)14-19-17-6-4-5-7-18(17)20-15-26-16-28(19)20/h4-7,15-16,19H,8-14H2,1-3H3,(H,27,30). The molecule has 1 N–H and O–H groups in total. The molecule has 2 aromatic rings. The number of Topliss-reactive ketones (excluding diaryl/α,β-unsaturated/α-hetero) is 1. The Morgan fingerprint density at radius 1 is 1.13 bits per heavy atom. The van der Waals surface area contributed by atoms with Crippen LogP contribution in [0.4, 0.5) is 4.79 Å². The zero-order valence-electron chi connectivity index (χ0n) is 18.6. The number of imidazole rings is 1. The Kier molecular flexibility index (Phi) is 4.54. The number of carbonyl (C=O) groups is 2. The maximum atomic E-state index is 13.6. The summed E-state index contributed by atoms with van der Waals surface area (Å²) in [6.45, 7) is 5.63. The van der Waals surface area contributed by atoms with Crippen molar-refractivity contribution in [2.24, 2.45) is 5.41 Å². The number of benzene rings is 1. The van der Waals surface area contributed by atoms with Crippen molar-refractivity contribution in [2.75, 3.05) is 0 Å². The molecule has 1 aromatic carbocycles. The van der Waals surface area contributed by atoms with Gasteiger partial charge in [-0.2, -0.15) is 0 Å². The molecule has 1 aliphatic heterocycles. The lowest BCUT2D eigenvalue weighted by molar-refractivity contribution is -0.136. The molecule has 4 aliphatic rings. The molecule has 0 radical (unpaired) electrons. The van der Waals surface area contributed by atoms with Gasteiger partial charge in [-0.05, 0) is 64.9 Å². The van der Waals surface area contributed by atoms with Crippen molar-refractivity contribution < 1.29 is 14.3 Å². The number of hydrogen-bond donors (Lipinski definition) is 1. The molecule has 1 atom stereocenters. The van der Waals surface area contributed by atoms with Gasteiger partial charge in [0.2, 0.25) is 0 Å². The summed E-state index contributed by atoms with van der Waals surface area (Å²) in [5, 5.41) is 3.14. The van der Waals surface area contributed by atoms with Crippen molar-refractivity contribution in [1.29, 1.82) is 0 Å². The first-order chi connectivity index (χ1) is 14.7. The smallest absolute Gasteiger partial charge is 0.408 e. The van der Waals surface area contributed by atoms with E-state index in [1.165, 1.54) is 11.1 Å². The number of rotatable bonds is 4. The highest BCUT2D eigenvalue weighted by molar-refractivity contribution is 5.87. The maximum Gasteiger partial charge on any atom is 0.408 e. The molecule has 31 heavy (non-hydrogen) atoms. The second-order valence-corrected chi connectivity index (χ2v) is 10.6. The first-order valence-corrected chi connectivity index (χ1v) is 11.4. The Hall–Kier alpha value is -2.63. The molecule has 164 valence electrons. The molecule has 1 unspecified atom stereocenters. The number of nitrogens with zero attached hydrogens (tertiary/aromatic N) is 2. The Labute approximate surface area is 183 Å². The van der Waals surface area contributed by atoms with Crippen LogP contribution in [0.1, 0.15) is 77.3 Å². The van der Waals surface area contributed by atoms with Crippen LogP contribution in [0, 0.1) is 5.41 Å². The molecular weight excluding hydrogens is 390 g/mol. The molecule has 3 fully saturated rings. The van der Waals surface area contributed by atoms with Gasteiger partial charge in [0.15, 0.2) is 0 Å². The Morgan fingerprint density at radius 3 is 2.48 bits per heavy atom. The van der Waals surface area contributed by atoms with Crippen molar-refractivity contribution >= 4 is 11.9 Å². The lowest BCUT2D eigenvalue weighted by atomic mass is 9.55. The quantitative estimate of drug-likeness (QED) is 0.751. The van der Waals surface area contributed by atoms with Gasteiger partial charge in [0.05, 0.1) is 24.3 Å². The third kappa shape index (κ3) is 3.46. The fourth-order valence-corrected chi connectivity index (χ4v) is 5.84. The van der Waals surface area contributed by atoms with E-state index in [1.807, 2.05) is 45.4 Å². The molecule has 3 aliphatic carbocycles. The minimum absolute atomic E-state index is 0.0315. The summed E-state index contributed by atoms with van der Waals surface area (Å²) in [4.78, 5) is 30.3. The first-order valence-electron chi connectivity index (χ1n) is 11.4. The number of amides is 1. The van der Waals surface area contributed by atoms with Gasteiger partial charge in [-0.15, -0.1) is 0 Å². The predicted molar refractivity (Wildman–Crippen MR) is 118 cm³/mol. The van der Waals surface area contributed by atoms with E-state index in [9.17, 15) is 9.59 Å².